The minimum Gasteiger partial charge on any atom is -0.378 e. The van der Waals surface area contributed by atoms with E-state index in [-0.39, 0.29) is 16.5 Å². The summed E-state index contributed by atoms with van der Waals surface area (Å²) in [5.41, 5.74) is 3.96. The smallest absolute Gasteiger partial charge is 0.239 e. The van der Waals surface area contributed by atoms with Gasteiger partial charge in [-0.3, -0.25) is 9.78 Å². The van der Waals surface area contributed by atoms with Gasteiger partial charge in [0.1, 0.15) is 23.8 Å². The second-order valence-corrected chi connectivity index (χ2v) is 8.95. The number of anilines is 2. The van der Waals surface area contributed by atoms with Gasteiger partial charge in [0.15, 0.2) is 5.82 Å². The van der Waals surface area contributed by atoms with Gasteiger partial charge in [-0.05, 0) is 42.8 Å². The van der Waals surface area contributed by atoms with Crippen molar-refractivity contribution in [1.82, 2.24) is 19.9 Å². The fourth-order valence-electron chi connectivity index (χ4n) is 4.64. The number of nitrogens with zero attached hydrogens (tertiary/aromatic N) is 5. The van der Waals surface area contributed by atoms with Crippen molar-refractivity contribution in [2.75, 3.05) is 36.5 Å². The summed E-state index contributed by atoms with van der Waals surface area (Å²) >= 11 is 6.44. The Kier molecular flexibility index (Phi) is 5.31. The van der Waals surface area contributed by atoms with Crippen LogP contribution in [0.1, 0.15) is 22.9 Å². The van der Waals surface area contributed by atoms with E-state index in [1.807, 2.05) is 18.2 Å². The van der Waals surface area contributed by atoms with Crippen molar-refractivity contribution in [1.29, 1.82) is 0 Å². The lowest BCUT2D eigenvalue weighted by Gasteiger charge is -2.29. The lowest BCUT2D eigenvalue weighted by atomic mass is 9.93. The molecule has 1 fully saturated rings. The third-order valence-electron chi connectivity index (χ3n) is 6.35. The highest BCUT2D eigenvalue weighted by molar-refractivity contribution is 6.32. The highest BCUT2D eigenvalue weighted by Crippen LogP contribution is 2.41. The number of ether oxygens (including phenoxy) is 1. The van der Waals surface area contributed by atoms with Crippen molar-refractivity contribution < 1.29 is 13.9 Å². The number of morpholine rings is 1. The van der Waals surface area contributed by atoms with E-state index in [2.05, 4.69) is 30.2 Å². The molecule has 2 aliphatic heterocycles. The monoisotopic (exact) mass is 490 g/mol. The van der Waals surface area contributed by atoms with Crippen LogP contribution in [-0.2, 0) is 9.53 Å². The van der Waals surface area contributed by atoms with E-state index >= 15 is 4.39 Å². The zero-order valence-corrected chi connectivity index (χ0v) is 19.5. The second-order valence-electron chi connectivity index (χ2n) is 8.54. The third-order valence-corrected chi connectivity index (χ3v) is 6.67. The number of hydrogen-bond donors (Lipinski definition) is 1. The lowest BCUT2D eigenvalue weighted by Crippen LogP contribution is -2.36. The number of amides is 1. The normalized spacial score (nSPS) is 17.5. The molecule has 4 heterocycles. The molecular weight excluding hydrogens is 471 g/mol. The van der Waals surface area contributed by atoms with Crippen LogP contribution in [0.25, 0.3) is 22.2 Å². The quantitative estimate of drug-likeness (QED) is 0.462. The van der Waals surface area contributed by atoms with Gasteiger partial charge >= 0.3 is 0 Å². The van der Waals surface area contributed by atoms with Crippen molar-refractivity contribution >= 4 is 39.9 Å². The molecule has 176 valence electrons. The summed E-state index contributed by atoms with van der Waals surface area (Å²) in [5, 5.41) is 3.58. The van der Waals surface area contributed by atoms with Crippen molar-refractivity contribution in [3.63, 3.8) is 0 Å². The highest BCUT2D eigenvalue weighted by Gasteiger charge is 2.36. The van der Waals surface area contributed by atoms with Gasteiger partial charge in [0.05, 0.1) is 30.1 Å². The molecule has 4 aromatic rings. The predicted molar refractivity (Wildman–Crippen MR) is 130 cm³/mol. The van der Waals surface area contributed by atoms with Gasteiger partial charge in [0.25, 0.3) is 0 Å². The Morgan fingerprint density at radius 1 is 1.14 bits per heavy atom. The molecule has 1 atom stereocenters. The Balaban J connectivity index is 1.46. The topological polar surface area (TPSA) is 93.1 Å². The Morgan fingerprint density at radius 2 is 1.97 bits per heavy atom. The molecule has 2 aliphatic rings. The molecule has 1 N–H and O–H groups in total. The van der Waals surface area contributed by atoms with E-state index in [1.54, 1.807) is 19.2 Å². The van der Waals surface area contributed by atoms with Gasteiger partial charge < -0.3 is 15.0 Å². The number of rotatable bonds is 3. The highest BCUT2D eigenvalue weighted by atomic mass is 35.5. The van der Waals surface area contributed by atoms with Crippen molar-refractivity contribution in [3.8, 4) is 11.3 Å². The average Bonchev–Trinajstić information content (AvgIpc) is 3.18. The number of carbonyl (C=O) groups excluding carboxylic acids is 1. The first-order valence-electron chi connectivity index (χ1n) is 11.2. The first-order chi connectivity index (χ1) is 17.0. The van der Waals surface area contributed by atoms with E-state index in [4.69, 9.17) is 16.3 Å². The molecule has 0 bridgehead atoms. The van der Waals surface area contributed by atoms with Crippen LogP contribution in [0.15, 0.2) is 42.9 Å². The van der Waals surface area contributed by atoms with Crippen molar-refractivity contribution in [3.05, 3.63) is 70.6 Å². The molecule has 0 spiro atoms. The number of aryl methyl sites for hydroxylation is 1. The summed E-state index contributed by atoms with van der Waals surface area (Å²) < 4.78 is 20.7. The van der Waals surface area contributed by atoms with Crippen LogP contribution >= 0.6 is 11.6 Å². The molecule has 35 heavy (non-hydrogen) atoms. The van der Waals surface area contributed by atoms with Crippen LogP contribution in [0.2, 0.25) is 5.02 Å². The number of halogens is 2. The summed E-state index contributed by atoms with van der Waals surface area (Å²) in [6, 6.07) is 8.65. The largest absolute Gasteiger partial charge is 0.378 e. The van der Waals surface area contributed by atoms with Gasteiger partial charge in [-0.2, -0.15) is 0 Å². The minimum atomic E-state index is -0.800. The molecule has 1 unspecified atom stereocenters. The van der Waals surface area contributed by atoms with Crippen LogP contribution < -0.4 is 10.2 Å². The molecule has 0 radical (unpaired) electrons. The predicted octanol–water partition coefficient (Wildman–Crippen LogP) is 4.11. The molecule has 8 nitrogen and oxygen atoms in total. The Bertz CT molecular complexity index is 1490. The summed E-state index contributed by atoms with van der Waals surface area (Å²) in [6.45, 7) is 4.74. The SMILES string of the molecule is Cc1cnc2c(n1)NC(=O)C2c1cc(-c2ncnc3cc(N4CCOCC4)ccc23)c(F)cc1Cl. The number of fused-ring (bicyclic) bond motifs is 2. The van der Waals surface area contributed by atoms with Crippen molar-refractivity contribution in [2.24, 2.45) is 0 Å². The van der Waals surface area contributed by atoms with Crippen LogP contribution in [0.5, 0.6) is 0 Å². The van der Waals surface area contributed by atoms with Crippen LogP contribution in [0, 0.1) is 12.7 Å². The number of aromatic nitrogens is 4. The standard InChI is InChI=1S/C25H20ClFN6O2/c1-13-11-28-23-21(25(34)32-24(23)31-13)16-9-17(19(27)10-18(16)26)22-15-3-2-14(8-20(15)29-12-30-22)33-4-6-35-7-5-33/h2-3,8-12,21H,4-7H2,1H3,(H,31,32,34). The molecular formula is C25H20ClFN6O2. The lowest BCUT2D eigenvalue weighted by molar-refractivity contribution is -0.116. The maximum atomic E-state index is 15.3. The summed E-state index contributed by atoms with van der Waals surface area (Å²) in [6.07, 6.45) is 3.01. The summed E-state index contributed by atoms with van der Waals surface area (Å²) in [4.78, 5) is 32.6. The summed E-state index contributed by atoms with van der Waals surface area (Å²) in [5.74, 6) is -1.26. The van der Waals surface area contributed by atoms with Gasteiger partial charge in [-0.1, -0.05) is 11.6 Å². The van der Waals surface area contributed by atoms with Crippen LogP contribution in [0.3, 0.4) is 0 Å². The van der Waals surface area contributed by atoms with Crippen molar-refractivity contribution in [2.45, 2.75) is 12.8 Å². The average molecular weight is 491 g/mol. The molecule has 10 heteroatoms. The molecule has 6 rings (SSSR count). The number of carbonyl (C=O) groups is 1. The first kappa shape index (κ1) is 21.8. The minimum absolute atomic E-state index is 0.134. The molecule has 1 amide bonds. The summed E-state index contributed by atoms with van der Waals surface area (Å²) in [7, 11) is 0. The molecule has 0 aliphatic carbocycles. The van der Waals surface area contributed by atoms with E-state index in [0.717, 1.165) is 18.8 Å². The molecule has 0 saturated carbocycles. The second kappa shape index (κ2) is 8.51. The van der Waals surface area contributed by atoms with Gasteiger partial charge in [0.2, 0.25) is 5.91 Å². The van der Waals surface area contributed by atoms with Gasteiger partial charge in [-0.15, -0.1) is 0 Å². The first-order valence-corrected chi connectivity index (χ1v) is 11.6. The van der Waals surface area contributed by atoms with Gasteiger partial charge in [0, 0.05) is 40.9 Å². The van der Waals surface area contributed by atoms with Crippen LogP contribution in [-0.4, -0.2) is 52.1 Å². The van der Waals surface area contributed by atoms with Gasteiger partial charge in [-0.25, -0.2) is 19.3 Å². The van der Waals surface area contributed by atoms with E-state index < -0.39 is 11.7 Å². The van der Waals surface area contributed by atoms with E-state index in [1.165, 1.54) is 12.4 Å². The molecule has 2 aromatic heterocycles. The van der Waals surface area contributed by atoms with E-state index in [9.17, 15) is 4.79 Å². The fourth-order valence-corrected chi connectivity index (χ4v) is 4.90. The van der Waals surface area contributed by atoms with E-state index in [0.29, 0.717) is 52.6 Å². The Hall–Kier alpha value is -3.69. The number of hydrogen-bond acceptors (Lipinski definition) is 7. The number of nitrogens with one attached hydrogen (secondary N) is 1. The molecule has 2 aromatic carbocycles. The third kappa shape index (κ3) is 3.77. The maximum Gasteiger partial charge on any atom is 0.239 e. The zero-order valence-electron chi connectivity index (χ0n) is 18.8. The Labute approximate surface area is 205 Å². The fraction of sp³-hybridized carbons (Fsp3) is 0.240. The number of benzene rings is 2. The Morgan fingerprint density at radius 3 is 2.80 bits per heavy atom. The molecule has 1 saturated heterocycles. The van der Waals surface area contributed by atoms with Crippen LogP contribution in [0.4, 0.5) is 15.9 Å². The zero-order chi connectivity index (χ0) is 24.1. The maximum absolute atomic E-state index is 15.3.